The first-order valence-electron chi connectivity index (χ1n) is 8.30. The Morgan fingerprint density at radius 1 is 1.36 bits per heavy atom. The smallest absolute Gasteiger partial charge is 0.320 e. The van der Waals surface area contributed by atoms with Gasteiger partial charge in [-0.15, -0.1) is 0 Å². The number of rotatable bonds is 6. The van der Waals surface area contributed by atoms with Crippen LogP contribution in [0, 0.1) is 5.82 Å². The lowest BCUT2D eigenvalue weighted by Crippen LogP contribution is -2.50. The maximum absolute atomic E-state index is 12.9. The van der Waals surface area contributed by atoms with Gasteiger partial charge in [0.15, 0.2) is 5.78 Å². The van der Waals surface area contributed by atoms with Crippen LogP contribution in [0.5, 0.6) is 0 Å². The zero-order valence-electron chi connectivity index (χ0n) is 14.1. The molecule has 1 aromatic rings. The third kappa shape index (κ3) is 4.61. The summed E-state index contributed by atoms with van der Waals surface area (Å²) in [5, 5.41) is 3.06. The third-order valence-corrected chi connectivity index (χ3v) is 4.34. The van der Waals surface area contributed by atoms with Crippen molar-refractivity contribution in [3.63, 3.8) is 0 Å². The minimum atomic E-state index is -0.334. The normalized spacial score (nSPS) is 22.4. The van der Waals surface area contributed by atoms with E-state index in [4.69, 9.17) is 4.74 Å². The Labute approximate surface area is 146 Å². The predicted octanol–water partition coefficient (Wildman–Crippen LogP) is 1.60. The fraction of sp³-hybridized carbons (Fsp3) is 0.368. The number of fused-ring (bicyclic) bond motifs is 1. The van der Waals surface area contributed by atoms with Gasteiger partial charge < -0.3 is 9.64 Å². The maximum Gasteiger partial charge on any atom is 0.320 e. The zero-order valence-corrected chi connectivity index (χ0v) is 14.1. The molecule has 0 radical (unpaired) electrons. The van der Waals surface area contributed by atoms with Crippen LogP contribution in [0.25, 0.3) is 0 Å². The van der Waals surface area contributed by atoms with Gasteiger partial charge in [-0.05, 0) is 30.8 Å². The number of carbonyl (C=O) groups is 2. The molecule has 6 heteroatoms. The van der Waals surface area contributed by atoms with Crippen molar-refractivity contribution in [2.75, 3.05) is 20.1 Å². The average molecular weight is 344 g/mol. The van der Waals surface area contributed by atoms with E-state index in [0.717, 1.165) is 5.56 Å². The van der Waals surface area contributed by atoms with Crippen LogP contribution >= 0.6 is 0 Å². The molecule has 1 N–H and O–H groups in total. The molecule has 0 saturated carbocycles. The number of hydrogen-bond donors (Lipinski definition) is 1. The molecule has 0 aromatic heterocycles. The van der Waals surface area contributed by atoms with Gasteiger partial charge in [0.1, 0.15) is 11.9 Å². The van der Waals surface area contributed by atoms with E-state index >= 15 is 0 Å². The Bertz CT molecular complexity index is 712. The molecule has 0 amide bonds. The van der Waals surface area contributed by atoms with Gasteiger partial charge in [0.05, 0.1) is 12.6 Å². The topological polar surface area (TPSA) is 58.6 Å². The largest absolute Gasteiger partial charge is 0.455 e. The number of halogens is 1. The Kier molecular flexibility index (Phi) is 5.40. The molecule has 2 unspecified atom stereocenters. The molecular weight excluding hydrogens is 323 g/mol. The van der Waals surface area contributed by atoms with Crippen molar-refractivity contribution < 1.29 is 18.7 Å². The molecule has 1 aromatic carbocycles. The van der Waals surface area contributed by atoms with Gasteiger partial charge in [0.2, 0.25) is 0 Å². The summed E-state index contributed by atoms with van der Waals surface area (Å²) >= 11 is 0. The van der Waals surface area contributed by atoms with E-state index in [1.54, 1.807) is 24.3 Å². The number of ketones is 1. The Balaban J connectivity index is 1.50. The fourth-order valence-electron chi connectivity index (χ4n) is 2.95. The highest BCUT2D eigenvalue weighted by Gasteiger charge is 2.30. The molecule has 0 bridgehead atoms. The second-order valence-electron chi connectivity index (χ2n) is 6.38. The highest BCUT2D eigenvalue weighted by Crippen LogP contribution is 2.19. The number of benzene rings is 1. The van der Waals surface area contributed by atoms with Gasteiger partial charge in [-0.1, -0.05) is 24.3 Å². The van der Waals surface area contributed by atoms with Crippen molar-refractivity contribution in [1.82, 2.24) is 10.2 Å². The molecule has 3 rings (SSSR count). The predicted molar refractivity (Wildman–Crippen MR) is 91.3 cm³/mol. The molecule has 2 aliphatic rings. The number of hydrogen-bond acceptors (Lipinski definition) is 5. The zero-order chi connectivity index (χ0) is 17.8. The minimum absolute atomic E-state index is 0.0550. The van der Waals surface area contributed by atoms with E-state index in [1.165, 1.54) is 12.1 Å². The monoisotopic (exact) mass is 344 g/mol. The van der Waals surface area contributed by atoms with Crippen LogP contribution in [-0.2, 0) is 20.9 Å². The van der Waals surface area contributed by atoms with Crippen LogP contribution < -0.4 is 5.32 Å². The maximum atomic E-state index is 12.9. The van der Waals surface area contributed by atoms with Crippen LogP contribution in [0.15, 0.2) is 48.1 Å². The SMILES string of the molecule is CN(CCC(=O)C1=CC2NCC(=O)OC2C=C1)Cc1ccc(F)cc1. The molecule has 1 heterocycles. The van der Waals surface area contributed by atoms with Gasteiger partial charge in [-0.2, -0.15) is 0 Å². The first-order valence-corrected chi connectivity index (χ1v) is 8.30. The van der Waals surface area contributed by atoms with Crippen LogP contribution in [0.2, 0.25) is 0 Å². The van der Waals surface area contributed by atoms with E-state index in [9.17, 15) is 14.0 Å². The Morgan fingerprint density at radius 3 is 2.88 bits per heavy atom. The summed E-state index contributed by atoms with van der Waals surface area (Å²) in [5.41, 5.74) is 1.64. The van der Waals surface area contributed by atoms with Gasteiger partial charge in [-0.25, -0.2) is 4.39 Å². The van der Waals surface area contributed by atoms with Crippen molar-refractivity contribution in [3.8, 4) is 0 Å². The van der Waals surface area contributed by atoms with Crippen LogP contribution in [-0.4, -0.2) is 48.9 Å². The third-order valence-electron chi connectivity index (χ3n) is 4.34. The number of ether oxygens (including phenoxy) is 1. The molecule has 2 atom stereocenters. The van der Waals surface area contributed by atoms with E-state index in [1.807, 2.05) is 18.0 Å². The summed E-state index contributed by atoms with van der Waals surface area (Å²) in [6.45, 7) is 1.43. The van der Waals surface area contributed by atoms with Gasteiger partial charge in [-0.3, -0.25) is 14.9 Å². The lowest BCUT2D eigenvalue weighted by atomic mass is 9.95. The van der Waals surface area contributed by atoms with Crippen molar-refractivity contribution in [2.45, 2.75) is 25.1 Å². The number of carbonyl (C=O) groups excluding carboxylic acids is 2. The van der Waals surface area contributed by atoms with Crippen molar-refractivity contribution in [2.24, 2.45) is 0 Å². The molecule has 25 heavy (non-hydrogen) atoms. The molecular formula is C19H21FN2O3. The molecule has 1 aliphatic heterocycles. The molecule has 0 spiro atoms. The summed E-state index contributed by atoms with van der Waals surface area (Å²) in [6.07, 6.45) is 5.37. The molecule has 1 saturated heterocycles. The second kappa shape index (κ2) is 7.72. The first-order chi connectivity index (χ1) is 12.0. The summed E-state index contributed by atoms with van der Waals surface area (Å²) in [5.74, 6) is -0.478. The van der Waals surface area contributed by atoms with E-state index < -0.39 is 0 Å². The van der Waals surface area contributed by atoms with E-state index in [-0.39, 0.29) is 36.3 Å². The lowest BCUT2D eigenvalue weighted by Gasteiger charge is -2.30. The van der Waals surface area contributed by atoms with Gasteiger partial charge >= 0.3 is 5.97 Å². The van der Waals surface area contributed by atoms with Crippen molar-refractivity contribution >= 4 is 11.8 Å². The minimum Gasteiger partial charge on any atom is -0.455 e. The second-order valence-corrected chi connectivity index (χ2v) is 6.38. The summed E-state index contributed by atoms with van der Waals surface area (Å²) < 4.78 is 18.1. The number of nitrogens with one attached hydrogen (secondary N) is 1. The highest BCUT2D eigenvalue weighted by atomic mass is 19.1. The quantitative estimate of drug-likeness (QED) is 0.795. The molecule has 5 nitrogen and oxygen atoms in total. The average Bonchev–Trinajstić information content (AvgIpc) is 2.61. The highest BCUT2D eigenvalue weighted by molar-refractivity contribution is 5.98. The lowest BCUT2D eigenvalue weighted by molar-refractivity contribution is -0.150. The molecule has 1 aliphatic carbocycles. The Morgan fingerprint density at radius 2 is 2.12 bits per heavy atom. The molecule has 1 fully saturated rings. The fourth-order valence-corrected chi connectivity index (χ4v) is 2.95. The molecule has 132 valence electrons. The number of Topliss-reactive ketones (excluding diaryl/α,β-unsaturated/α-hetero) is 1. The van der Waals surface area contributed by atoms with Crippen molar-refractivity contribution in [1.29, 1.82) is 0 Å². The Hall–Kier alpha value is -2.31. The van der Waals surface area contributed by atoms with E-state index in [2.05, 4.69) is 5.32 Å². The summed E-state index contributed by atoms with van der Waals surface area (Å²) in [7, 11) is 1.93. The first kappa shape index (κ1) is 17.5. The number of allylic oxidation sites excluding steroid dienone is 2. The van der Waals surface area contributed by atoms with Gasteiger partial charge in [0, 0.05) is 25.1 Å². The van der Waals surface area contributed by atoms with Crippen LogP contribution in [0.4, 0.5) is 4.39 Å². The standard InChI is InChI=1S/C19H21FN2O3/c1-22(12-13-2-5-15(20)6-3-13)9-8-17(23)14-4-7-18-16(10-14)21-11-19(24)25-18/h2-7,10,16,18,21H,8-9,11-12H2,1H3. The van der Waals surface area contributed by atoms with Crippen LogP contribution in [0.3, 0.4) is 0 Å². The number of esters is 1. The summed E-state index contributed by atoms with van der Waals surface area (Å²) in [4.78, 5) is 25.7. The van der Waals surface area contributed by atoms with Crippen molar-refractivity contribution in [3.05, 3.63) is 59.4 Å². The number of nitrogens with zero attached hydrogens (tertiary/aromatic N) is 1. The summed E-state index contributed by atoms with van der Waals surface area (Å²) in [6, 6.07) is 6.23. The van der Waals surface area contributed by atoms with Gasteiger partial charge in [0.25, 0.3) is 0 Å². The number of morpholine rings is 1. The van der Waals surface area contributed by atoms with Crippen LogP contribution in [0.1, 0.15) is 12.0 Å². The van der Waals surface area contributed by atoms with E-state index in [0.29, 0.717) is 25.1 Å².